The van der Waals surface area contributed by atoms with E-state index in [0.717, 1.165) is 12.8 Å². The van der Waals surface area contributed by atoms with Crippen LogP contribution in [0, 0.1) is 0 Å². The summed E-state index contributed by atoms with van der Waals surface area (Å²) in [6.07, 6.45) is 4.72. The molecule has 3 rings (SSSR count). The second kappa shape index (κ2) is 7.40. The molecule has 2 atom stereocenters. The van der Waals surface area contributed by atoms with Gasteiger partial charge in [0.1, 0.15) is 6.10 Å². The molecule has 0 amide bonds. The highest BCUT2D eigenvalue weighted by Gasteiger charge is 2.28. The third-order valence-corrected chi connectivity index (χ3v) is 5.05. The van der Waals surface area contributed by atoms with Crippen molar-refractivity contribution in [3.8, 4) is 5.88 Å². The number of nitrogens with one attached hydrogen (secondary N) is 1. The normalized spacial score (nSPS) is 19.9. The van der Waals surface area contributed by atoms with Crippen molar-refractivity contribution in [2.45, 2.75) is 36.4 Å². The Morgan fingerprint density at radius 3 is 2.62 bits per heavy atom. The topological polar surface area (TPSA) is 127 Å². The molecule has 4 N–H and O–H groups in total. The van der Waals surface area contributed by atoms with Gasteiger partial charge in [0.25, 0.3) is 0 Å². The first-order valence-electron chi connectivity index (χ1n) is 8.11. The average molecular weight is 376 g/mol. The Balaban J connectivity index is 1.80. The first-order chi connectivity index (χ1) is 12.4. The van der Waals surface area contributed by atoms with Gasteiger partial charge in [0.2, 0.25) is 21.9 Å². The van der Waals surface area contributed by atoms with Gasteiger partial charge in [-0.25, -0.2) is 18.5 Å². The first kappa shape index (κ1) is 18.3. The Morgan fingerprint density at radius 1 is 1.31 bits per heavy atom. The zero-order chi connectivity index (χ0) is 18.7. The van der Waals surface area contributed by atoms with Crippen molar-refractivity contribution in [3.05, 3.63) is 42.6 Å². The summed E-state index contributed by atoms with van der Waals surface area (Å²) in [5, 5.41) is 18.0. The smallest absolute Gasteiger partial charge is 0.238 e. The highest BCUT2D eigenvalue weighted by Crippen LogP contribution is 2.27. The van der Waals surface area contributed by atoms with Crippen molar-refractivity contribution in [2.24, 2.45) is 5.14 Å². The number of hydrogen-bond acceptors (Lipinski definition) is 7. The second-order valence-corrected chi connectivity index (χ2v) is 7.57. The molecular weight excluding hydrogens is 356 g/mol. The first-order valence-corrected chi connectivity index (χ1v) is 9.65. The van der Waals surface area contributed by atoms with Gasteiger partial charge >= 0.3 is 0 Å². The molecular formula is C17H20N4O4S. The van der Waals surface area contributed by atoms with Crippen LogP contribution >= 0.6 is 0 Å². The number of primary sulfonamides is 1. The Kier molecular flexibility index (Phi) is 5.21. The van der Waals surface area contributed by atoms with Crippen LogP contribution in [0.25, 0.3) is 6.08 Å². The summed E-state index contributed by atoms with van der Waals surface area (Å²) in [7, 11) is -3.74. The Bertz CT molecular complexity index is 899. The molecule has 0 aliphatic heterocycles. The number of rotatable bonds is 6. The molecule has 1 heterocycles. The van der Waals surface area contributed by atoms with E-state index in [-0.39, 0.29) is 16.9 Å². The van der Waals surface area contributed by atoms with E-state index < -0.39 is 16.1 Å². The van der Waals surface area contributed by atoms with Crippen LogP contribution in [-0.2, 0) is 10.0 Å². The molecule has 138 valence electrons. The lowest BCUT2D eigenvalue weighted by Gasteiger charge is -2.18. The molecule has 1 fully saturated rings. The molecule has 1 aliphatic rings. The molecule has 26 heavy (non-hydrogen) atoms. The van der Waals surface area contributed by atoms with E-state index in [1.165, 1.54) is 12.1 Å². The predicted octanol–water partition coefficient (Wildman–Crippen LogP) is 1.80. The number of aromatic nitrogens is 2. The van der Waals surface area contributed by atoms with Crippen LogP contribution in [0.1, 0.15) is 24.8 Å². The molecule has 0 radical (unpaired) electrons. The minimum absolute atomic E-state index is 0.0187. The van der Waals surface area contributed by atoms with Crippen LogP contribution in [0.3, 0.4) is 0 Å². The van der Waals surface area contributed by atoms with E-state index in [0.29, 0.717) is 23.6 Å². The predicted molar refractivity (Wildman–Crippen MR) is 97.5 cm³/mol. The van der Waals surface area contributed by atoms with E-state index in [1.54, 1.807) is 24.4 Å². The van der Waals surface area contributed by atoms with E-state index in [1.807, 2.05) is 0 Å². The fraction of sp³-hybridized carbons (Fsp3) is 0.294. The number of benzene rings is 1. The highest BCUT2D eigenvalue weighted by molar-refractivity contribution is 7.89. The fourth-order valence-corrected chi connectivity index (χ4v) is 3.23. The van der Waals surface area contributed by atoms with Crippen LogP contribution in [0.15, 0.2) is 41.9 Å². The van der Waals surface area contributed by atoms with Crippen LogP contribution in [0.4, 0.5) is 11.6 Å². The lowest BCUT2D eigenvalue weighted by atomic mass is 10.2. The third-order valence-electron chi connectivity index (χ3n) is 4.12. The van der Waals surface area contributed by atoms with Crippen LogP contribution in [0.2, 0.25) is 0 Å². The minimum atomic E-state index is -3.74. The fourth-order valence-electron chi connectivity index (χ4n) is 2.71. The Labute approximate surface area is 151 Å². The van der Waals surface area contributed by atoms with E-state index in [4.69, 9.17) is 9.88 Å². The maximum absolute atomic E-state index is 11.3. The van der Waals surface area contributed by atoms with Crippen molar-refractivity contribution < 1.29 is 18.3 Å². The molecule has 1 aromatic carbocycles. The zero-order valence-electron chi connectivity index (χ0n) is 14.0. The van der Waals surface area contributed by atoms with Gasteiger partial charge in [0.15, 0.2) is 0 Å². The number of nitrogens with zero attached hydrogens (tertiary/aromatic N) is 2. The second-order valence-electron chi connectivity index (χ2n) is 6.01. The van der Waals surface area contributed by atoms with Crippen LogP contribution in [-0.4, -0.2) is 35.7 Å². The van der Waals surface area contributed by atoms with Crippen LogP contribution < -0.4 is 15.2 Å². The van der Waals surface area contributed by atoms with Gasteiger partial charge in [-0.3, -0.25) is 0 Å². The van der Waals surface area contributed by atoms with E-state index in [2.05, 4.69) is 21.9 Å². The van der Waals surface area contributed by atoms with Gasteiger partial charge in [0.05, 0.1) is 16.6 Å². The van der Waals surface area contributed by atoms with E-state index >= 15 is 0 Å². The summed E-state index contributed by atoms with van der Waals surface area (Å²) < 4.78 is 28.4. The number of nitrogens with two attached hydrogens (primary N) is 1. The largest absolute Gasteiger partial charge is 0.471 e. The lowest BCUT2D eigenvalue weighted by Crippen LogP contribution is -2.26. The number of anilines is 2. The number of aliphatic hydroxyl groups is 1. The Morgan fingerprint density at radius 2 is 2.04 bits per heavy atom. The van der Waals surface area contributed by atoms with Crippen molar-refractivity contribution in [3.63, 3.8) is 0 Å². The zero-order valence-corrected chi connectivity index (χ0v) is 14.8. The summed E-state index contributed by atoms with van der Waals surface area (Å²) in [6.45, 7) is 3.72. The van der Waals surface area contributed by atoms with Crippen molar-refractivity contribution in [1.82, 2.24) is 9.97 Å². The third kappa shape index (κ3) is 4.18. The number of sulfonamides is 1. The minimum Gasteiger partial charge on any atom is -0.471 e. The number of hydrogen-bond donors (Lipinski definition) is 3. The highest BCUT2D eigenvalue weighted by atomic mass is 32.2. The van der Waals surface area contributed by atoms with Gasteiger partial charge in [-0.05, 0) is 43.5 Å². The number of ether oxygens (including phenoxy) is 1. The molecule has 9 heteroatoms. The molecule has 2 aromatic rings. The average Bonchev–Trinajstić information content (AvgIpc) is 3.00. The van der Waals surface area contributed by atoms with Crippen molar-refractivity contribution >= 4 is 27.7 Å². The maximum atomic E-state index is 11.3. The monoisotopic (exact) mass is 376 g/mol. The molecule has 1 aromatic heterocycles. The molecule has 0 spiro atoms. The number of aliphatic hydroxyl groups excluding tert-OH is 1. The van der Waals surface area contributed by atoms with E-state index in [9.17, 15) is 13.5 Å². The maximum Gasteiger partial charge on any atom is 0.238 e. The summed E-state index contributed by atoms with van der Waals surface area (Å²) >= 11 is 0. The summed E-state index contributed by atoms with van der Waals surface area (Å²) in [5.41, 5.74) is 1.22. The molecule has 0 unspecified atom stereocenters. The summed E-state index contributed by atoms with van der Waals surface area (Å²) in [4.78, 5) is 8.55. The van der Waals surface area contributed by atoms with Crippen LogP contribution in [0.5, 0.6) is 5.88 Å². The standard InChI is InChI=1S/C17H20N4O4S/c1-2-11-10-19-17(21-16(11)25-15-5-3-4-14(15)22)20-12-6-8-13(9-7-12)26(18,23)24/h2,6-10,14-15,22H,1,3-5H2,(H2,18,23,24)(H,19,20,21)/t14-,15+/m0/s1. The van der Waals surface area contributed by atoms with Gasteiger partial charge in [-0.15, -0.1) is 0 Å². The Hall–Kier alpha value is -2.49. The SMILES string of the molecule is C=Cc1cnc(Nc2ccc(S(N)(=O)=O)cc2)nc1O[C@@H]1CCC[C@@H]1O. The van der Waals surface area contributed by atoms with Gasteiger partial charge in [-0.2, -0.15) is 4.98 Å². The molecule has 8 nitrogen and oxygen atoms in total. The molecule has 1 saturated carbocycles. The summed E-state index contributed by atoms with van der Waals surface area (Å²) in [5.74, 6) is 0.617. The van der Waals surface area contributed by atoms with Gasteiger partial charge in [-0.1, -0.05) is 12.7 Å². The van der Waals surface area contributed by atoms with Crippen molar-refractivity contribution in [1.29, 1.82) is 0 Å². The van der Waals surface area contributed by atoms with Crippen molar-refractivity contribution in [2.75, 3.05) is 5.32 Å². The molecule has 0 saturated heterocycles. The van der Waals surface area contributed by atoms with Gasteiger partial charge in [0, 0.05) is 11.9 Å². The van der Waals surface area contributed by atoms with Gasteiger partial charge < -0.3 is 15.2 Å². The molecule has 0 bridgehead atoms. The summed E-state index contributed by atoms with van der Waals surface area (Å²) in [6, 6.07) is 5.90. The molecule has 1 aliphatic carbocycles. The quantitative estimate of drug-likeness (QED) is 0.701. The lowest BCUT2D eigenvalue weighted by molar-refractivity contribution is 0.0573.